The van der Waals surface area contributed by atoms with Crippen molar-refractivity contribution in [2.45, 2.75) is 12.7 Å². The number of aromatic nitrogens is 2. The third kappa shape index (κ3) is 6.40. The number of aromatic carboxylic acids is 1. The molecule has 212 valence electrons. The highest BCUT2D eigenvalue weighted by atomic mass is 35.5. The van der Waals surface area contributed by atoms with Gasteiger partial charge in [-0.15, -0.1) is 0 Å². The minimum absolute atomic E-state index is 0.0625. The third-order valence-corrected chi connectivity index (χ3v) is 7.07. The Morgan fingerprint density at radius 1 is 0.905 bits per heavy atom. The van der Waals surface area contributed by atoms with Crippen molar-refractivity contribution in [3.63, 3.8) is 0 Å². The van der Waals surface area contributed by atoms with Crippen LogP contribution in [0, 0.1) is 5.82 Å². The van der Waals surface area contributed by atoms with Crippen LogP contribution in [-0.2, 0) is 12.7 Å². The van der Waals surface area contributed by atoms with Gasteiger partial charge in [-0.3, -0.25) is 0 Å². The summed E-state index contributed by atoms with van der Waals surface area (Å²) in [6.07, 6.45) is -0.254. The van der Waals surface area contributed by atoms with Crippen molar-refractivity contribution in [2.75, 3.05) is 0 Å². The molecule has 5 aromatic rings. The third-order valence-electron chi connectivity index (χ3n) is 6.52. The average Bonchev–Trinajstić information content (AvgIpc) is 3.34. The number of halogens is 6. The summed E-state index contributed by atoms with van der Waals surface area (Å²) >= 11 is 12.4. The first-order chi connectivity index (χ1) is 20.0. The molecule has 4 nitrogen and oxygen atoms in total. The highest BCUT2D eigenvalue weighted by molar-refractivity contribution is 6.36. The lowest BCUT2D eigenvalue weighted by Crippen LogP contribution is -2.08. The Hall–Kier alpha value is -4.40. The number of imidazole rings is 1. The first-order valence-corrected chi connectivity index (χ1v) is 13.2. The van der Waals surface area contributed by atoms with Crippen molar-refractivity contribution in [1.82, 2.24) is 9.55 Å². The Balaban J connectivity index is 1.56. The van der Waals surface area contributed by atoms with Gasteiger partial charge in [0.25, 0.3) is 0 Å². The molecule has 0 saturated carbocycles. The molecule has 4 aromatic carbocycles. The topological polar surface area (TPSA) is 55.1 Å². The molecule has 1 heterocycles. The predicted molar refractivity (Wildman–Crippen MR) is 156 cm³/mol. The smallest absolute Gasteiger partial charge is 0.417 e. The first-order valence-electron chi connectivity index (χ1n) is 12.5. The molecule has 0 radical (unpaired) electrons. The number of alkyl halides is 3. The Labute approximate surface area is 248 Å². The molecule has 5 rings (SSSR count). The summed E-state index contributed by atoms with van der Waals surface area (Å²) < 4.78 is 58.4. The molecular formula is C32H20Cl2F4N2O2. The van der Waals surface area contributed by atoms with E-state index in [0.29, 0.717) is 27.1 Å². The normalized spacial score (nSPS) is 11.8. The molecule has 0 bridgehead atoms. The maximum atomic E-state index is 14.3. The quantitative estimate of drug-likeness (QED) is 0.187. The zero-order chi connectivity index (χ0) is 30.0. The minimum Gasteiger partial charge on any atom is -0.478 e. The maximum absolute atomic E-state index is 14.3. The van der Waals surface area contributed by atoms with E-state index in [1.54, 1.807) is 47.2 Å². The Bertz CT molecular complexity index is 1810. The summed E-state index contributed by atoms with van der Waals surface area (Å²) in [7, 11) is 0. The molecule has 0 unspecified atom stereocenters. The van der Waals surface area contributed by atoms with E-state index in [9.17, 15) is 27.5 Å². The zero-order valence-electron chi connectivity index (χ0n) is 21.5. The Kier molecular flexibility index (Phi) is 8.20. The van der Waals surface area contributed by atoms with Gasteiger partial charge in [-0.2, -0.15) is 13.2 Å². The second-order valence-corrected chi connectivity index (χ2v) is 10.2. The van der Waals surface area contributed by atoms with Crippen molar-refractivity contribution in [3.05, 3.63) is 135 Å². The molecule has 42 heavy (non-hydrogen) atoms. The van der Waals surface area contributed by atoms with Crippen LogP contribution in [0.5, 0.6) is 0 Å². The van der Waals surface area contributed by atoms with Crippen LogP contribution < -0.4 is 0 Å². The second-order valence-electron chi connectivity index (χ2n) is 9.35. The second kappa shape index (κ2) is 11.8. The summed E-state index contributed by atoms with van der Waals surface area (Å²) in [6.45, 7) is 0.246. The summed E-state index contributed by atoms with van der Waals surface area (Å²) in [4.78, 5) is 15.9. The van der Waals surface area contributed by atoms with Crippen LogP contribution in [0.3, 0.4) is 0 Å². The van der Waals surface area contributed by atoms with Crippen molar-refractivity contribution >= 4 is 41.3 Å². The van der Waals surface area contributed by atoms with Gasteiger partial charge in [-0.05, 0) is 65.2 Å². The number of nitrogens with zero attached hydrogens (tertiary/aromatic N) is 2. The van der Waals surface area contributed by atoms with Gasteiger partial charge in [-0.1, -0.05) is 71.7 Å². The number of carboxylic acids is 1. The van der Waals surface area contributed by atoms with Gasteiger partial charge in [0.2, 0.25) is 0 Å². The summed E-state index contributed by atoms with van der Waals surface area (Å²) in [5.74, 6) is -1.36. The van der Waals surface area contributed by atoms with E-state index in [0.717, 1.165) is 11.6 Å². The SMILES string of the molecule is O=C(O)c1ccc(Cn2cc(-c3ccc(Cl)cc3Cl)nc2C=Cc2ccc(-c3ccccc3F)cc2C(F)(F)F)cc1. The lowest BCUT2D eigenvalue weighted by molar-refractivity contribution is -0.137. The fourth-order valence-electron chi connectivity index (χ4n) is 4.44. The van der Waals surface area contributed by atoms with Gasteiger partial charge in [0.05, 0.1) is 21.8 Å². The van der Waals surface area contributed by atoms with E-state index in [-0.39, 0.29) is 28.8 Å². The standard InChI is InChI=1S/C32H20Cl2F4N2O2/c33-23-12-13-25(27(34)16-23)29-18-40(17-19-5-7-21(8-6-19)31(41)42)30(39-29)14-11-20-9-10-22(15-26(20)32(36,37)38)24-3-1-2-4-28(24)35/h1-16,18H,17H2,(H,41,42). The maximum Gasteiger partial charge on any atom is 0.417 e. The van der Waals surface area contributed by atoms with Crippen LogP contribution in [0.15, 0.2) is 91.1 Å². The summed E-state index contributed by atoms with van der Waals surface area (Å²) in [5, 5.41) is 9.97. The number of rotatable bonds is 7. The number of hydrogen-bond donors (Lipinski definition) is 1. The van der Waals surface area contributed by atoms with E-state index < -0.39 is 23.5 Å². The van der Waals surface area contributed by atoms with Crippen LogP contribution in [0.2, 0.25) is 10.0 Å². The molecular weight excluding hydrogens is 591 g/mol. The number of carboxylic acid groups (broad SMARTS) is 1. The number of benzene rings is 4. The predicted octanol–water partition coefficient (Wildman–Crippen LogP) is 9.60. The van der Waals surface area contributed by atoms with Gasteiger partial charge >= 0.3 is 12.1 Å². The van der Waals surface area contributed by atoms with Gasteiger partial charge in [0.15, 0.2) is 0 Å². The molecule has 0 fully saturated rings. The molecule has 0 aliphatic carbocycles. The Morgan fingerprint density at radius 3 is 2.31 bits per heavy atom. The highest BCUT2D eigenvalue weighted by Gasteiger charge is 2.33. The minimum atomic E-state index is -4.70. The first kappa shape index (κ1) is 29.1. The molecule has 0 atom stereocenters. The number of hydrogen-bond acceptors (Lipinski definition) is 2. The molecule has 1 N–H and O–H groups in total. The van der Waals surface area contributed by atoms with Crippen LogP contribution in [0.1, 0.15) is 32.9 Å². The largest absolute Gasteiger partial charge is 0.478 e. The van der Waals surface area contributed by atoms with Crippen molar-refractivity contribution < 1.29 is 27.5 Å². The molecule has 0 aliphatic rings. The van der Waals surface area contributed by atoms with E-state index in [1.807, 2.05) is 0 Å². The summed E-state index contributed by atoms with van der Waals surface area (Å²) in [5.41, 5.74) is 1.00. The highest BCUT2D eigenvalue weighted by Crippen LogP contribution is 2.37. The van der Waals surface area contributed by atoms with Crippen LogP contribution in [0.25, 0.3) is 34.5 Å². The molecule has 0 aliphatic heterocycles. The van der Waals surface area contributed by atoms with Crippen molar-refractivity contribution in [1.29, 1.82) is 0 Å². The van der Waals surface area contributed by atoms with Gasteiger partial charge in [0, 0.05) is 28.9 Å². The van der Waals surface area contributed by atoms with Crippen LogP contribution in [-0.4, -0.2) is 20.6 Å². The zero-order valence-corrected chi connectivity index (χ0v) is 23.1. The lowest BCUT2D eigenvalue weighted by Gasteiger charge is -2.13. The monoisotopic (exact) mass is 610 g/mol. The summed E-state index contributed by atoms with van der Waals surface area (Å²) in [6, 6.07) is 20.4. The number of carbonyl (C=O) groups is 1. The van der Waals surface area contributed by atoms with E-state index in [4.69, 9.17) is 23.2 Å². The van der Waals surface area contributed by atoms with E-state index >= 15 is 0 Å². The van der Waals surface area contributed by atoms with Gasteiger partial charge in [0.1, 0.15) is 11.6 Å². The van der Waals surface area contributed by atoms with Crippen molar-refractivity contribution in [2.24, 2.45) is 0 Å². The lowest BCUT2D eigenvalue weighted by atomic mass is 9.98. The molecule has 0 amide bonds. The van der Waals surface area contributed by atoms with Crippen LogP contribution >= 0.6 is 23.2 Å². The van der Waals surface area contributed by atoms with E-state index in [2.05, 4.69) is 4.98 Å². The van der Waals surface area contributed by atoms with Gasteiger partial charge in [-0.25, -0.2) is 14.2 Å². The molecule has 0 spiro atoms. The Morgan fingerprint density at radius 2 is 1.64 bits per heavy atom. The average molecular weight is 611 g/mol. The molecule has 1 aromatic heterocycles. The van der Waals surface area contributed by atoms with Crippen LogP contribution in [0.4, 0.5) is 17.6 Å². The fourth-order valence-corrected chi connectivity index (χ4v) is 4.95. The van der Waals surface area contributed by atoms with E-state index in [1.165, 1.54) is 54.6 Å². The molecule has 0 saturated heterocycles. The molecule has 10 heteroatoms. The van der Waals surface area contributed by atoms with Gasteiger partial charge < -0.3 is 9.67 Å². The fraction of sp³-hybridized carbons (Fsp3) is 0.0625. The van der Waals surface area contributed by atoms with Crippen molar-refractivity contribution in [3.8, 4) is 22.4 Å².